The topological polar surface area (TPSA) is 50.1 Å². The van der Waals surface area contributed by atoms with Crippen molar-refractivity contribution in [3.63, 3.8) is 0 Å². The molecule has 0 saturated heterocycles. The second-order valence-electron chi connectivity index (χ2n) is 4.62. The fraction of sp³-hybridized carbons (Fsp3) is 0.357. The maximum absolute atomic E-state index is 9.26. The predicted molar refractivity (Wildman–Crippen MR) is 72.8 cm³/mol. The molecule has 0 aliphatic carbocycles. The van der Waals surface area contributed by atoms with Gasteiger partial charge in [-0.3, -0.25) is 4.68 Å². The molecule has 1 atom stereocenters. The number of aryl methyl sites for hydroxylation is 2. The van der Waals surface area contributed by atoms with Gasteiger partial charge in [0, 0.05) is 24.0 Å². The van der Waals surface area contributed by atoms with Crippen LogP contribution in [0.25, 0.3) is 0 Å². The van der Waals surface area contributed by atoms with E-state index in [4.69, 9.17) is 0 Å². The minimum absolute atomic E-state index is 0.184. The van der Waals surface area contributed by atoms with Gasteiger partial charge in [-0.15, -0.1) is 0 Å². The van der Waals surface area contributed by atoms with Gasteiger partial charge < -0.3 is 10.4 Å². The fourth-order valence-electron chi connectivity index (χ4n) is 2.30. The van der Waals surface area contributed by atoms with E-state index in [1.54, 1.807) is 12.1 Å². The van der Waals surface area contributed by atoms with Crippen LogP contribution in [-0.4, -0.2) is 14.9 Å². The first-order chi connectivity index (χ1) is 8.49. The first kappa shape index (κ1) is 12.5. The predicted octanol–water partition coefficient (Wildman–Crippen LogP) is 2.92. The van der Waals surface area contributed by atoms with Gasteiger partial charge in [-0.05, 0) is 45.0 Å². The van der Waals surface area contributed by atoms with Crippen LogP contribution in [0.5, 0.6) is 5.75 Å². The van der Waals surface area contributed by atoms with E-state index >= 15 is 0 Å². The Bertz CT molecular complexity index is 543. The number of hydrogen-bond acceptors (Lipinski definition) is 3. The van der Waals surface area contributed by atoms with Crippen LogP contribution in [0.1, 0.15) is 29.9 Å². The van der Waals surface area contributed by atoms with Crippen molar-refractivity contribution in [2.75, 3.05) is 5.32 Å². The molecule has 4 heteroatoms. The van der Waals surface area contributed by atoms with Gasteiger partial charge in [0.25, 0.3) is 0 Å². The molecule has 2 N–H and O–H groups in total. The zero-order chi connectivity index (χ0) is 13.3. The third kappa shape index (κ3) is 2.32. The molecule has 1 unspecified atom stereocenters. The third-order valence-electron chi connectivity index (χ3n) is 3.25. The molecular formula is C14H19N3O. The molecule has 0 radical (unpaired) electrons. The number of rotatable bonds is 3. The van der Waals surface area contributed by atoms with Gasteiger partial charge in [-0.1, -0.05) is 0 Å². The van der Waals surface area contributed by atoms with Gasteiger partial charge in [0.15, 0.2) is 0 Å². The standard InChI is InChI=1S/C14H19N3O/c1-9(14-10(2)16-17(4)11(14)3)15-12-5-7-13(18)8-6-12/h5-9,15,18H,1-4H3. The van der Waals surface area contributed by atoms with Gasteiger partial charge in [0.2, 0.25) is 0 Å². The molecule has 1 aromatic heterocycles. The number of hydrogen-bond donors (Lipinski definition) is 2. The van der Waals surface area contributed by atoms with Crippen LogP contribution >= 0.6 is 0 Å². The van der Waals surface area contributed by atoms with E-state index in [-0.39, 0.29) is 11.8 Å². The van der Waals surface area contributed by atoms with E-state index in [1.165, 1.54) is 11.3 Å². The van der Waals surface area contributed by atoms with Crippen molar-refractivity contribution in [3.8, 4) is 5.75 Å². The van der Waals surface area contributed by atoms with Crippen LogP contribution in [0.2, 0.25) is 0 Å². The summed E-state index contributed by atoms with van der Waals surface area (Å²) in [6.07, 6.45) is 0. The Morgan fingerprint density at radius 1 is 1.22 bits per heavy atom. The number of nitrogens with zero attached hydrogens (tertiary/aromatic N) is 2. The van der Waals surface area contributed by atoms with Crippen molar-refractivity contribution in [1.29, 1.82) is 0 Å². The van der Waals surface area contributed by atoms with Crippen LogP contribution in [0, 0.1) is 13.8 Å². The van der Waals surface area contributed by atoms with Crippen LogP contribution in [0.15, 0.2) is 24.3 Å². The smallest absolute Gasteiger partial charge is 0.115 e. The van der Waals surface area contributed by atoms with Crippen molar-refractivity contribution in [2.45, 2.75) is 26.8 Å². The third-order valence-corrected chi connectivity index (χ3v) is 3.25. The number of phenols is 1. The highest BCUT2D eigenvalue weighted by Gasteiger charge is 2.15. The summed E-state index contributed by atoms with van der Waals surface area (Å²) in [5.74, 6) is 0.280. The minimum Gasteiger partial charge on any atom is -0.508 e. The number of phenolic OH excluding ortho intramolecular Hbond substituents is 1. The largest absolute Gasteiger partial charge is 0.508 e. The number of benzene rings is 1. The Morgan fingerprint density at radius 3 is 2.33 bits per heavy atom. The first-order valence-electron chi connectivity index (χ1n) is 6.04. The average Bonchev–Trinajstić information content (AvgIpc) is 2.56. The zero-order valence-electron chi connectivity index (χ0n) is 11.2. The fourth-order valence-corrected chi connectivity index (χ4v) is 2.30. The summed E-state index contributed by atoms with van der Waals surface area (Å²) in [5.41, 5.74) is 4.44. The molecule has 0 aliphatic heterocycles. The van der Waals surface area contributed by atoms with E-state index in [0.717, 1.165) is 11.4 Å². The highest BCUT2D eigenvalue weighted by Crippen LogP contribution is 2.25. The maximum Gasteiger partial charge on any atom is 0.115 e. The Kier molecular flexibility index (Phi) is 3.28. The molecule has 96 valence electrons. The number of nitrogens with one attached hydrogen (secondary N) is 1. The van der Waals surface area contributed by atoms with Gasteiger partial charge in [-0.25, -0.2) is 0 Å². The molecule has 2 rings (SSSR count). The Morgan fingerprint density at radius 2 is 1.83 bits per heavy atom. The summed E-state index contributed by atoms with van der Waals surface area (Å²) in [4.78, 5) is 0. The molecular weight excluding hydrogens is 226 g/mol. The lowest BCUT2D eigenvalue weighted by Crippen LogP contribution is -2.08. The SMILES string of the molecule is Cc1nn(C)c(C)c1C(C)Nc1ccc(O)cc1. The second kappa shape index (κ2) is 4.72. The van der Waals surface area contributed by atoms with Gasteiger partial charge >= 0.3 is 0 Å². The molecule has 18 heavy (non-hydrogen) atoms. The van der Waals surface area contributed by atoms with E-state index in [2.05, 4.69) is 24.3 Å². The normalized spacial score (nSPS) is 12.4. The second-order valence-corrected chi connectivity index (χ2v) is 4.62. The van der Waals surface area contributed by atoms with Crippen molar-refractivity contribution in [3.05, 3.63) is 41.2 Å². The quantitative estimate of drug-likeness (QED) is 0.817. The monoisotopic (exact) mass is 245 g/mol. The van der Waals surface area contributed by atoms with E-state index in [1.807, 2.05) is 30.8 Å². The van der Waals surface area contributed by atoms with Crippen molar-refractivity contribution >= 4 is 5.69 Å². The van der Waals surface area contributed by atoms with E-state index in [9.17, 15) is 5.11 Å². The summed E-state index contributed by atoms with van der Waals surface area (Å²) in [6.45, 7) is 6.21. The lowest BCUT2D eigenvalue weighted by Gasteiger charge is -2.16. The summed E-state index contributed by atoms with van der Waals surface area (Å²) in [5, 5.41) is 17.1. The zero-order valence-corrected chi connectivity index (χ0v) is 11.2. The van der Waals surface area contributed by atoms with Crippen LogP contribution in [0.4, 0.5) is 5.69 Å². The lowest BCUT2D eigenvalue weighted by atomic mass is 10.1. The summed E-state index contributed by atoms with van der Waals surface area (Å²) >= 11 is 0. The number of aromatic hydroxyl groups is 1. The van der Waals surface area contributed by atoms with Gasteiger partial charge in [-0.2, -0.15) is 5.10 Å². The van der Waals surface area contributed by atoms with Crippen molar-refractivity contribution < 1.29 is 5.11 Å². The first-order valence-corrected chi connectivity index (χ1v) is 6.04. The van der Waals surface area contributed by atoms with Gasteiger partial charge in [0.1, 0.15) is 5.75 Å². The lowest BCUT2D eigenvalue weighted by molar-refractivity contribution is 0.475. The molecule has 2 aromatic rings. The highest BCUT2D eigenvalue weighted by molar-refractivity contribution is 5.48. The van der Waals surface area contributed by atoms with Crippen molar-refractivity contribution in [2.24, 2.45) is 7.05 Å². The van der Waals surface area contributed by atoms with Gasteiger partial charge in [0.05, 0.1) is 11.7 Å². The summed E-state index contributed by atoms with van der Waals surface area (Å²) < 4.78 is 1.90. The molecule has 0 spiro atoms. The highest BCUT2D eigenvalue weighted by atomic mass is 16.3. The van der Waals surface area contributed by atoms with Crippen LogP contribution in [-0.2, 0) is 7.05 Å². The molecule has 0 amide bonds. The molecule has 1 aromatic carbocycles. The average molecular weight is 245 g/mol. The summed E-state index contributed by atoms with van der Waals surface area (Å²) in [7, 11) is 1.96. The Labute approximate surface area is 107 Å². The van der Waals surface area contributed by atoms with E-state index < -0.39 is 0 Å². The Balaban J connectivity index is 2.21. The number of anilines is 1. The summed E-state index contributed by atoms with van der Waals surface area (Å²) in [6, 6.07) is 7.28. The molecule has 1 heterocycles. The minimum atomic E-state index is 0.184. The van der Waals surface area contributed by atoms with E-state index in [0.29, 0.717) is 0 Å². The molecule has 0 saturated carbocycles. The molecule has 0 aliphatic rings. The van der Waals surface area contributed by atoms with Crippen LogP contribution in [0.3, 0.4) is 0 Å². The van der Waals surface area contributed by atoms with Crippen LogP contribution < -0.4 is 5.32 Å². The molecule has 4 nitrogen and oxygen atoms in total. The number of aromatic nitrogens is 2. The Hall–Kier alpha value is -1.97. The molecule has 0 bridgehead atoms. The van der Waals surface area contributed by atoms with Crippen molar-refractivity contribution in [1.82, 2.24) is 9.78 Å². The molecule has 0 fully saturated rings. The maximum atomic E-state index is 9.26.